The fraction of sp³-hybridized carbons (Fsp3) is 0.786. The SMILES string of the molecule is C[C@@H]1CC(c2noc([C@]3(C)CCC(=O)N3)n2)C[C@H](C)O1. The zero-order chi connectivity index (χ0) is 14.3. The van der Waals surface area contributed by atoms with Crippen molar-refractivity contribution in [3.05, 3.63) is 11.7 Å². The van der Waals surface area contributed by atoms with Crippen molar-refractivity contribution in [1.29, 1.82) is 0 Å². The van der Waals surface area contributed by atoms with E-state index in [9.17, 15) is 4.79 Å². The summed E-state index contributed by atoms with van der Waals surface area (Å²) < 4.78 is 11.1. The summed E-state index contributed by atoms with van der Waals surface area (Å²) in [6, 6.07) is 0. The highest BCUT2D eigenvalue weighted by Crippen LogP contribution is 2.34. The minimum atomic E-state index is -0.509. The van der Waals surface area contributed by atoms with Gasteiger partial charge in [-0.05, 0) is 40.0 Å². The normalized spacial score (nSPS) is 38.0. The summed E-state index contributed by atoms with van der Waals surface area (Å²) >= 11 is 0. The maximum absolute atomic E-state index is 11.4. The summed E-state index contributed by atoms with van der Waals surface area (Å²) in [5, 5.41) is 7.05. The molecular formula is C14H21N3O3. The molecule has 1 N–H and O–H groups in total. The van der Waals surface area contributed by atoms with Gasteiger partial charge in [0.25, 0.3) is 5.89 Å². The van der Waals surface area contributed by atoms with Gasteiger partial charge in [0.2, 0.25) is 5.91 Å². The Morgan fingerprint density at radius 2 is 2.00 bits per heavy atom. The van der Waals surface area contributed by atoms with Crippen molar-refractivity contribution in [2.75, 3.05) is 0 Å². The van der Waals surface area contributed by atoms with Crippen LogP contribution in [0.25, 0.3) is 0 Å². The topological polar surface area (TPSA) is 77.3 Å². The molecule has 3 rings (SSSR count). The number of nitrogens with one attached hydrogen (secondary N) is 1. The summed E-state index contributed by atoms with van der Waals surface area (Å²) in [4.78, 5) is 16.0. The van der Waals surface area contributed by atoms with Crippen LogP contribution >= 0.6 is 0 Å². The van der Waals surface area contributed by atoms with E-state index in [1.165, 1.54) is 0 Å². The maximum Gasteiger partial charge on any atom is 0.252 e. The van der Waals surface area contributed by atoms with Crippen molar-refractivity contribution in [1.82, 2.24) is 15.5 Å². The van der Waals surface area contributed by atoms with Gasteiger partial charge in [-0.1, -0.05) is 5.16 Å². The molecule has 6 nitrogen and oxygen atoms in total. The molecule has 0 spiro atoms. The Kier molecular flexibility index (Phi) is 3.28. The first-order valence-corrected chi connectivity index (χ1v) is 7.27. The van der Waals surface area contributed by atoms with Gasteiger partial charge in [0.1, 0.15) is 5.54 Å². The summed E-state index contributed by atoms with van der Waals surface area (Å²) in [7, 11) is 0. The number of hydrogen-bond donors (Lipinski definition) is 1. The van der Waals surface area contributed by atoms with Gasteiger partial charge in [-0.25, -0.2) is 0 Å². The van der Waals surface area contributed by atoms with E-state index in [-0.39, 0.29) is 24.0 Å². The molecule has 20 heavy (non-hydrogen) atoms. The third-order valence-electron chi connectivity index (χ3n) is 4.24. The Morgan fingerprint density at radius 1 is 1.30 bits per heavy atom. The Balaban J connectivity index is 1.78. The lowest BCUT2D eigenvalue weighted by molar-refractivity contribution is -0.119. The first-order valence-electron chi connectivity index (χ1n) is 7.27. The molecule has 0 saturated carbocycles. The quantitative estimate of drug-likeness (QED) is 0.894. The molecule has 110 valence electrons. The molecule has 0 aliphatic carbocycles. The lowest BCUT2D eigenvalue weighted by atomic mass is 9.92. The van der Waals surface area contributed by atoms with Crippen LogP contribution in [0.4, 0.5) is 0 Å². The average Bonchev–Trinajstić information content (AvgIpc) is 2.96. The highest BCUT2D eigenvalue weighted by atomic mass is 16.5. The first kappa shape index (κ1) is 13.5. The number of nitrogens with zero attached hydrogens (tertiary/aromatic N) is 2. The Morgan fingerprint density at radius 3 is 2.60 bits per heavy atom. The number of hydrogen-bond acceptors (Lipinski definition) is 5. The van der Waals surface area contributed by atoms with Crippen LogP contribution in [-0.2, 0) is 15.1 Å². The number of amides is 1. The largest absolute Gasteiger partial charge is 0.376 e. The zero-order valence-corrected chi connectivity index (χ0v) is 12.2. The molecule has 1 unspecified atom stereocenters. The van der Waals surface area contributed by atoms with Gasteiger partial charge in [0.05, 0.1) is 12.2 Å². The lowest BCUT2D eigenvalue weighted by Crippen LogP contribution is -2.36. The molecule has 3 heterocycles. The minimum Gasteiger partial charge on any atom is -0.376 e. The second-order valence-corrected chi connectivity index (χ2v) is 6.26. The molecular weight excluding hydrogens is 258 g/mol. The fourth-order valence-electron chi connectivity index (χ4n) is 3.20. The molecule has 0 aromatic carbocycles. The minimum absolute atomic E-state index is 0.0422. The van der Waals surface area contributed by atoms with Crippen LogP contribution in [0, 0.1) is 0 Å². The average molecular weight is 279 g/mol. The molecule has 6 heteroatoms. The van der Waals surface area contributed by atoms with Crippen LogP contribution < -0.4 is 5.32 Å². The molecule has 2 fully saturated rings. The Bertz CT molecular complexity index is 506. The van der Waals surface area contributed by atoms with Gasteiger partial charge in [-0.2, -0.15) is 4.98 Å². The number of carbonyl (C=O) groups is 1. The summed E-state index contributed by atoms with van der Waals surface area (Å²) in [6.07, 6.45) is 3.46. The van der Waals surface area contributed by atoms with Crippen LogP contribution in [0.15, 0.2) is 4.52 Å². The molecule has 1 aromatic rings. The van der Waals surface area contributed by atoms with Crippen LogP contribution in [0.5, 0.6) is 0 Å². The van der Waals surface area contributed by atoms with E-state index >= 15 is 0 Å². The van der Waals surface area contributed by atoms with Crippen LogP contribution in [0.2, 0.25) is 0 Å². The van der Waals surface area contributed by atoms with E-state index < -0.39 is 5.54 Å². The van der Waals surface area contributed by atoms with E-state index in [1.807, 2.05) is 6.92 Å². The maximum atomic E-state index is 11.4. The summed E-state index contributed by atoms with van der Waals surface area (Å²) in [5.41, 5.74) is -0.509. The molecule has 0 radical (unpaired) electrons. The van der Waals surface area contributed by atoms with Crippen LogP contribution in [0.3, 0.4) is 0 Å². The molecule has 2 aliphatic heterocycles. The van der Waals surface area contributed by atoms with Gasteiger partial charge in [0, 0.05) is 12.3 Å². The van der Waals surface area contributed by atoms with E-state index in [1.54, 1.807) is 0 Å². The van der Waals surface area contributed by atoms with Gasteiger partial charge < -0.3 is 14.6 Å². The Labute approximate surface area is 118 Å². The van der Waals surface area contributed by atoms with E-state index in [2.05, 4.69) is 29.3 Å². The number of carbonyl (C=O) groups excluding carboxylic acids is 1. The molecule has 1 aromatic heterocycles. The van der Waals surface area contributed by atoms with E-state index in [0.717, 1.165) is 18.7 Å². The standard InChI is InChI=1S/C14H21N3O3/c1-8-6-10(7-9(2)19-8)12-15-13(20-17-12)14(3)5-4-11(18)16-14/h8-10H,4-7H2,1-3H3,(H,16,18)/t8-,9+,10?,14-/m0/s1. The Hall–Kier alpha value is -1.43. The lowest BCUT2D eigenvalue weighted by Gasteiger charge is -2.30. The molecule has 2 aliphatic rings. The second-order valence-electron chi connectivity index (χ2n) is 6.26. The van der Waals surface area contributed by atoms with Gasteiger partial charge in [0.15, 0.2) is 5.82 Å². The van der Waals surface area contributed by atoms with E-state index in [4.69, 9.17) is 9.26 Å². The van der Waals surface area contributed by atoms with Crippen molar-refractivity contribution < 1.29 is 14.1 Å². The molecule has 0 bridgehead atoms. The predicted molar refractivity (Wildman–Crippen MR) is 71.0 cm³/mol. The summed E-state index contributed by atoms with van der Waals surface area (Å²) in [5.74, 6) is 1.57. The highest BCUT2D eigenvalue weighted by Gasteiger charge is 2.40. The van der Waals surface area contributed by atoms with Crippen molar-refractivity contribution in [3.63, 3.8) is 0 Å². The highest BCUT2D eigenvalue weighted by molar-refractivity contribution is 5.79. The second kappa shape index (κ2) is 4.84. The van der Waals surface area contributed by atoms with Crippen LogP contribution in [0.1, 0.15) is 64.1 Å². The zero-order valence-electron chi connectivity index (χ0n) is 12.2. The van der Waals surface area contributed by atoms with Crippen molar-refractivity contribution in [2.24, 2.45) is 0 Å². The first-order chi connectivity index (χ1) is 9.46. The summed E-state index contributed by atoms with van der Waals surface area (Å²) in [6.45, 7) is 6.08. The molecule has 4 atom stereocenters. The van der Waals surface area contributed by atoms with E-state index in [0.29, 0.717) is 18.7 Å². The number of ether oxygens (including phenoxy) is 1. The van der Waals surface area contributed by atoms with Crippen LogP contribution in [-0.4, -0.2) is 28.3 Å². The predicted octanol–water partition coefficient (Wildman–Crippen LogP) is 1.87. The molecule has 1 amide bonds. The van der Waals surface area contributed by atoms with Gasteiger partial charge in [-0.15, -0.1) is 0 Å². The molecule has 2 saturated heterocycles. The fourth-order valence-corrected chi connectivity index (χ4v) is 3.20. The van der Waals surface area contributed by atoms with Gasteiger partial charge >= 0.3 is 0 Å². The van der Waals surface area contributed by atoms with Gasteiger partial charge in [-0.3, -0.25) is 4.79 Å². The number of aromatic nitrogens is 2. The third kappa shape index (κ3) is 2.44. The monoisotopic (exact) mass is 279 g/mol. The smallest absolute Gasteiger partial charge is 0.252 e. The van der Waals surface area contributed by atoms with Crippen molar-refractivity contribution in [2.45, 2.75) is 70.1 Å². The number of rotatable bonds is 2. The third-order valence-corrected chi connectivity index (χ3v) is 4.24. The van der Waals surface area contributed by atoms with Crippen molar-refractivity contribution in [3.8, 4) is 0 Å². The van der Waals surface area contributed by atoms with Crippen molar-refractivity contribution >= 4 is 5.91 Å².